The van der Waals surface area contributed by atoms with Crippen molar-refractivity contribution >= 4 is 11.4 Å². The summed E-state index contributed by atoms with van der Waals surface area (Å²) in [6.07, 6.45) is 14.3. The van der Waals surface area contributed by atoms with Gasteiger partial charge in [0.15, 0.2) is 0 Å². The number of nitrogens with zero attached hydrogens (tertiary/aromatic N) is 5. The van der Waals surface area contributed by atoms with Gasteiger partial charge in [0.1, 0.15) is 5.82 Å². The first-order chi connectivity index (χ1) is 12.9. The molecule has 0 saturated heterocycles. The van der Waals surface area contributed by atoms with Crippen LogP contribution < -0.4 is 10.5 Å². The molecule has 0 atom stereocenters. The van der Waals surface area contributed by atoms with E-state index >= 15 is 0 Å². The number of rotatable bonds is 7. The van der Waals surface area contributed by atoms with Gasteiger partial charge in [-0.05, 0) is 38.8 Å². The Morgan fingerprint density at radius 3 is 2.41 bits per heavy atom. The van der Waals surface area contributed by atoms with Gasteiger partial charge in [-0.1, -0.05) is 37.3 Å². The second-order valence-corrected chi connectivity index (χ2v) is 6.64. The van der Waals surface area contributed by atoms with Crippen molar-refractivity contribution in [3.63, 3.8) is 0 Å². The largest absolute Gasteiger partial charge is 0.362 e. The van der Waals surface area contributed by atoms with Crippen molar-refractivity contribution in [2.75, 3.05) is 19.0 Å². The van der Waals surface area contributed by atoms with Crippen molar-refractivity contribution in [3.05, 3.63) is 64.8 Å². The summed E-state index contributed by atoms with van der Waals surface area (Å²) in [7, 11) is 3.85. The van der Waals surface area contributed by atoms with Crippen LogP contribution in [0.5, 0.6) is 0 Å². The zero-order valence-electron chi connectivity index (χ0n) is 17.0. The van der Waals surface area contributed by atoms with Crippen molar-refractivity contribution in [2.45, 2.75) is 40.2 Å². The third kappa shape index (κ3) is 4.27. The molecule has 0 saturated carbocycles. The molecule has 2 aromatic rings. The lowest BCUT2D eigenvalue weighted by molar-refractivity contribution is 0.461. The molecule has 0 radical (unpaired) electrons. The second kappa shape index (κ2) is 9.16. The summed E-state index contributed by atoms with van der Waals surface area (Å²) < 4.78 is 3.51. The predicted octanol–water partition coefficient (Wildman–Crippen LogP) is 4.00. The highest BCUT2D eigenvalue weighted by molar-refractivity contribution is 5.81. The van der Waals surface area contributed by atoms with Crippen LogP contribution in [0.25, 0.3) is 11.5 Å². The first-order valence-electron chi connectivity index (χ1n) is 9.26. The quantitative estimate of drug-likeness (QED) is 0.694. The molecule has 0 N–H and O–H groups in total. The summed E-state index contributed by atoms with van der Waals surface area (Å²) in [5, 5.41) is 0. The SMILES string of the molecule is C\C=C(/C=C\C=C/CC)c1c(N(C)C)n(-c2ncccn2)n(C(C)C)c1=O. The van der Waals surface area contributed by atoms with Crippen LogP contribution in [0, 0.1) is 0 Å². The van der Waals surface area contributed by atoms with E-state index in [1.807, 2.05) is 68.8 Å². The summed E-state index contributed by atoms with van der Waals surface area (Å²) in [6.45, 7) is 8.00. The van der Waals surface area contributed by atoms with E-state index in [2.05, 4.69) is 23.0 Å². The summed E-state index contributed by atoms with van der Waals surface area (Å²) in [5.41, 5.74) is 1.46. The van der Waals surface area contributed by atoms with Crippen molar-refractivity contribution in [1.29, 1.82) is 0 Å². The Bertz CT molecular complexity index is 899. The molecule has 0 unspecified atom stereocenters. The van der Waals surface area contributed by atoms with Gasteiger partial charge in [0.05, 0.1) is 5.56 Å². The molecular formula is C21H29N5O. The Labute approximate surface area is 161 Å². The van der Waals surface area contributed by atoms with Crippen molar-refractivity contribution < 1.29 is 0 Å². The van der Waals surface area contributed by atoms with E-state index in [1.165, 1.54) is 0 Å². The molecule has 0 bridgehead atoms. The average Bonchev–Trinajstić information content (AvgIpc) is 2.96. The lowest BCUT2D eigenvalue weighted by atomic mass is 10.1. The zero-order valence-corrected chi connectivity index (χ0v) is 17.0. The minimum atomic E-state index is -0.0571. The van der Waals surface area contributed by atoms with Crippen LogP contribution in [0.15, 0.2) is 53.6 Å². The molecule has 2 aromatic heterocycles. The van der Waals surface area contributed by atoms with Gasteiger partial charge in [-0.2, -0.15) is 4.68 Å². The van der Waals surface area contributed by atoms with Gasteiger partial charge < -0.3 is 4.90 Å². The highest BCUT2D eigenvalue weighted by Gasteiger charge is 2.26. The average molecular weight is 367 g/mol. The number of allylic oxidation sites excluding steroid dienone is 6. The number of hydrogen-bond donors (Lipinski definition) is 0. The van der Waals surface area contributed by atoms with E-state index in [0.29, 0.717) is 11.5 Å². The van der Waals surface area contributed by atoms with Crippen LogP contribution in [-0.4, -0.2) is 33.4 Å². The van der Waals surface area contributed by atoms with Gasteiger partial charge in [-0.15, -0.1) is 0 Å². The Kier molecular flexibility index (Phi) is 6.93. The number of hydrogen-bond acceptors (Lipinski definition) is 4. The van der Waals surface area contributed by atoms with Crippen LogP contribution >= 0.6 is 0 Å². The summed E-state index contributed by atoms with van der Waals surface area (Å²) in [6, 6.07) is 1.72. The smallest absolute Gasteiger partial charge is 0.277 e. The van der Waals surface area contributed by atoms with Gasteiger partial charge in [-0.25, -0.2) is 14.6 Å². The van der Waals surface area contributed by atoms with Crippen molar-refractivity contribution in [2.24, 2.45) is 0 Å². The normalized spacial score (nSPS) is 12.6. The fraction of sp³-hybridized carbons (Fsp3) is 0.381. The molecule has 0 aliphatic heterocycles. The molecular weight excluding hydrogens is 338 g/mol. The van der Waals surface area contributed by atoms with E-state index < -0.39 is 0 Å². The molecule has 144 valence electrons. The maximum absolute atomic E-state index is 13.4. The molecule has 0 fully saturated rings. The number of anilines is 1. The van der Waals surface area contributed by atoms with Gasteiger partial charge in [-0.3, -0.25) is 4.79 Å². The third-order valence-electron chi connectivity index (χ3n) is 4.07. The standard InChI is InChI=1S/C21H29N5O/c1-7-9-10-11-13-17(8-2)18-19(24(5)6)26(21-22-14-12-15-23-21)25(16(3)4)20(18)27/h8-16H,7H2,1-6H3/b10-9-,13-11-,17-8+. The van der Waals surface area contributed by atoms with E-state index in [0.717, 1.165) is 17.8 Å². The fourth-order valence-electron chi connectivity index (χ4n) is 2.93. The maximum Gasteiger partial charge on any atom is 0.277 e. The lowest BCUT2D eigenvalue weighted by Crippen LogP contribution is -2.26. The summed E-state index contributed by atoms with van der Waals surface area (Å²) >= 11 is 0. The molecule has 0 aliphatic carbocycles. The topological polar surface area (TPSA) is 56.0 Å². The Balaban J connectivity index is 2.81. The Morgan fingerprint density at radius 1 is 1.22 bits per heavy atom. The van der Waals surface area contributed by atoms with Gasteiger partial charge in [0, 0.05) is 32.5 Å². The predicted molar refractivity (Wildman–Crippen MR) is 113 cm³/mol. The molecule has 2 heterocycles. The fourth-order valence-corrected chi connectivity index (χ4v) is 2.93. The zero-order chi connectivity index (χ0) is 20.0. The van der Waals surface area contributed by atoms with E-state index in [4.69, 9.17) is 0 Å². The molecule has 6 nitrogen and oxygen atoms in total. The lowest BCUT2D eigenvalue weighted by Gasteiger charge is -2.20. The van der Waals surface area contributed by atoms with Crippen molar-refractivity contribution in [1.82, 2.24) is 19.3 Å². The molecule has 0 aliphatic rings. The minimum Gasteiger partial charge on any atom is -0.362 e. The summed E-state index contributed by atoms with van der Waals surface area (Å²) in [4.78, 5) is 24.1. The molecule has 27 heavy (non-hydrogen) atoms. The summed E-state index contributed by atoms with van der Waals surface area (Å²) in [5.74, 6) is 1.24. The van der Waals surface area contributed by atoms with Gasteiger partial charge >= 0.3 is 0 Å². The Hall–Kier alpha value is -2.89. The first kappa shape index (κ1) is 20.4. The van der Waals surface area contributed by atoms with Crippen molar-refractivity contribution in [3.8, 4) is 5.95 Å². The number of aromatic nitrogens is 4. The molecule has 6 heteroatoms. The van der Waals surface area contributed by atoms with Crippen LogP contribution in [-0.2, 0) is 0 Å². The monoisotopic (exact) mass is 367 g/mol. The highest BCUT2D eigenvalue weighted by atomic mass is 16.1. The first-order valence-corrected chi connectivity index (χ1v) is 9.26. The minimum absolute atomic E-state index is 0.0455. The van der Waals surface area contributed by atoms with Gasteiger partial charge in [0.2, 0.25) is 0 Å². The molecule has 0 spiro atoms. The van der Waals surface area contributed by atoms with Crippen LogP contribution in [0.3, 0.4) is 0 Å². The molecule has 0 aromatic carbocycles. The second-order valence-electron chi connectivity index (χ2n) is 6.64. The Morgan fingerprint density at radius 2 is 1.89 bits per heavy atom. The van der Waals surface area contributed by atoms with Crippen LogP contribution in [0.4, 0.5) is 5.82 Å². The highest BCUT2D eigenvalue weighted by Crippen LogP contribution is 2.28. The van der Waals surface area contributed by atoms with E-state index in [1.54, 1.807) is 23.1 Å². The molecule has 0 amide bonds. The van der Waals surface area contributed by atoms with E-state index in [-0.39, 0.29) is 11.6 Å². The van der Waals surface area contributed by atoms with Gasteiger partial charge in [0.25, 0.3) is 11.5 Å². The molecule has 2 rings (SSSR count). The van der Waals surface area contributed by atoms with Crippen LogP contribution in [0.1, 0.15) is 45.7 Å². The van der Waals surface area contributed by atoms with E-state index in [9.17, 15) is 4.79 Å². The van der Waals surface area contributed by atoms with Crippen LogP contribution in [0.2, 0.25) is 0 Å². The third-order valence-corrected chi connectivity index (χ3v) is 4.07. The maximum atomic E-state index is 13.4.